The number of carbonyl (C=O) groups excluding carboxylic acids is 2. The number of nitrogens with one attached hydrogen (secondary N) is 4. The monoisotopic (exact) mass is 402 g/mol. The molecule has 1 saturated heterocycles. The number of hydrogen-bond acceptors (Lipinski definition) is 2. The molecule has 4 N–H and O–H groups in total. The zero-order valence-corrected chi connectivity index (χ0v) is 16.8. The third kappa shape index (κ3) is 6.34. The zero-order valence-electron chi connectivity index (χ0n) is 16.1. The number of rotatable bonds is 6. The summed E-state index contributed by atoms with van der Waals surface area (Å²) < 4.78 is 0. The van der Waals surface area contributed by atoms with Crippen molar-refractivity contribution in [2.24, 2.45) is 0 Å². The first-order valence-electron chi connectivity index (χ1n) is 9.57. The molecule has 28 heavy (non-hydrogen) atoms. The predicted octanol–water partition coefficient (Wildman–Crippen LogP) is 0.221. The van der Waals surface area contributed by atoms with Crippen molar-refractivity contribution in [3.05, 3.63) is 59.1 Å². The highest BCUT2D eigenvalue weighted by Gasteiger charge is 2.24. The van der Waals surface area contributed by atoms with Crippen molar-refractivity contribution in [3.8, 4) is 0 Å². The van der Waals surface area contributed by atoms with Crippen molar-refractivity contribution in [2.45, 2.75) is 13.5 Å². The molecule has 0 bridgehead atoms. The number of piperazine rings is 1. The minimum atomic E-state index is -0.113. The van der Waals surface area contributed by atoms with Crippen molar-refractivity contribution in [3.63, 3.8) is 0 Å². The molecule has 1 aliphatic rings. The molecule has 2 amide bonds. The van der Waals surface area contributed by atoms with Crippen LogP contribution in [0.25, 0.3) is 0 Å². The summed E-state index contributed by atoms with van der Waals surface area (Å²) in [7, 11) is 0. The third-order valence-corrected chi connectivity index (χ3v) is 5.18. The van der Waals surface area contributed by atoms with E-state index in [4.69, 9.17) is 11.6 Å². The smallest absolute Gasteiger partial charge is 0.279 e. The van der Waals surface area contributed by atoms with E-state index in [1.807, 2.05) is 12.1 Å². The average Bonchev–Trinajstić information content (AvgIpc) is 2.66. The van der Waals surface area contributed by atoms with Crippen LogP contribution in [0.5, 0.6) is 0 Å². The number of amides is 2. The minimum Gasteiger partial charge on any atom is -0.326 e. The van der Waals surface area contributed by atoms with Gasteiger partial charge in [-0.3, -0.25) is 9.59 Å². The number of hydrogen-bond donors (Lipinski definition) is 4. The van der Waals surface area contributed by atoms with Crippen LogP contribution in [0, 0.1) is 0 Å². The molecule has 6 nitrogen and oxygen atoms in total. The van der Waals surface area contributed by atoms with Gasteiger partial charge in [-0.25, -0.2) is 0 Å². The van der Waals surface area contributed by atoms with Gasteiger partial charge in [0.15, 0.2) is 6.54 Å². The van der Waals surface area contributed by atoms with Gasteiger partial charge in [-0.05, 0) is 36.4 Å². The highest BCUT2D eigenvalue weighted by molar-refractivity contribution is 6.30. The fourth-order valence-corrected chi connectivity index (χ4v) is 3.60. The largest absolute Gasteiger partial charge is 0.326 e. The summed E-state index contributed by atoms with van der Waals surface area (Å²) in [6, 6.07) is 15.2. The number of anilines is 2. The highest BCUT2D eigenvalue weighted by Crippen LogP contribution is 2.13. The van der Waals surface area contributed by atoms with Crippen LogP contribution in [-0.2, 0) is 16.1 Å². The summed E-state index contributed by atoms with van der Waals surface area (Å²) in [5.41, 5.74) is 2.75. The molecule has 0 atom stereocenters. The number of carbonyl (C=O) groups is 2. The van der Waals surface area contributed by atoms with Crippen LogP contribution in [0.4, 0.5) is 11.4 Å². The van der Waals surface area contributed by atoms with Crippen molar-refractivity contribution in [2.75, 3.05) is 43.4 Å². The van der Waals surface area contributed by atoms with Crippen LogP contribution in [-0.4, -0.2) is 44.5 Å². The normalized spacial score (nSPS) is 19.1. The van der Waals surface area contributed by atoms with Crippen LogP contribution < -0.4 is 20.4 Å². The maximum Gasteiger partial charge on any atom is 0.279 e. The molecule has 0 unspecified atom stereocenters. The van der Waals surface area contributed by atoms with Crippen molar-refractivity contribution >= 4 is 34.8 Å². The lowest BCUT2D eigenvalue weighted by atomic mass is 10.2. The molecule has 2 aromatic rings. The Morgan fingerprint density at radius 2 is 1.39 bits per heavy atom. The molecule has 7 heteroatoms. The lowest BCUT2D eigenvalue weighted by Crippen LogP contribution is -3.28. The Labute approximate surface area is 170 Å². The lowest BCUT2D eigenvalue weighted by molar-refractivity contribution is -1.02. The van der Waals surface area contributed by atoms with Crippen LogP contribution in [0.15, 0.2) is 48.5 Å². The van der Waals surface area contributed by atoms with E-state index in [9.17, 15) is 9.59 Å². The van der Waals surface area contributed by atoms with Gasteiger partial charge in [-0.1, -0.05) is 23.7 Å². The van der Waals surface area contributed by atoms with E-state index in [0.29, 0.717) is 6.54 Å². The molecule has 0 spiro atoms. The fourth-order valence-electron chi connectivity index (χ4n) is 3.47. The molecule has 148 valence electrons. The number of halogens is 1. The SMILES string of the molecule is CC(=O)Nc1ccc(NC(=O)C[NH+]2CC[NH+](Cc3ccc(Cl)cc3)CC2)cc1. The first kappa shape index (κ1) is 20.3. The van der Waals surface area contributed by atoms with Crippen LogP contribution in [0.3, 0.4) is 0 Å². The van der Waals surface area contributed by atoms with Gasteiger partial charge >= 0.3 is 0 Å². The standard InChI is InChI=1S/C21H25ClN4O2/c1-16(27)23-19-6-8-20(9-7-19)24-21(28)15-26-12-10-25(11-13-26)14-17-2-4-18(22)5-3-17/h2-9H,10-15H2,1H3,(H,23,27)(H,24,28)/p+2. The molecule has 2 aromatic carbocycles. The lowest BCUT2D eigenvalue weighted by Gasteiger charge is -2.29. The van der Waals surface area contributed by atoms with Crippen molar-refractivity contribution in [1.29, 1.82) is 0 Å². The molecular formula is C21H27ClN4O2+2. The zero-order chi connectivity index (χ0) is 19.9. The summed E-state index contributed by atoms with van der Waals surface area (Å²) in [5.74, 6) is -0.0962. The van der Waals surface area contributed by atoms with Gasteiger partial charge in [0.05, 0.1) is 0 Å². The second kappa shape index (κ2) is 9.68. The average molecular weight is 403 g/mol. The van der Waals surface area contributed by atoms with Gasteiger partial charge in [0.1, 0.15) is 32.7 Å². The van der Waals surface area contributed by atoms with E-state index in [0.717, 1.165) is 49.1 Å². The minimum absolute atomic E-state index is 0.0171. The quantitative estimate of drug-likeness (QED) is 0.558. The second-order valence-corrected chi connectivity index (χ2v) is 7.72. The Kier molecular flexibility index (Phi) is 7.03. The van der Waals surface area contributed by atoms with Gasteiger partial charge < -0.3 is 20.4 Å². The van der Waals surface area contributed by atoms with Gasteiger partial charge in [-0.2, -0.15) is 0 Å². The van der Waals surface area contributed by atoms with Crippen LogP contribution in [0.1, 0.15) is 12.5 Å². The van der Waals surface area contributed by atoms with E-state index in [-0.39, 0.29) is 11.8 Å². The van der Waals surface area contributed by atoms with Gasteiger partial charge in [0.25, 0.3) is 5.91 Å². The Morgan fingerprint density at radius 3 is 1.96 bits per heavy atom. The van der Waals surface area contributed by atoms with E-state index in [2.05, 4.69) is 22.8 Å². The van der Waals surface area contributed by atoms with Crippen molar-refractivity contribution in [1.82, 2.24) is 0 Å². The van der Waals surface area contributed by atoms with Crippen LogP contribution in [0.2, 0.25) is 5.02 Å². The molecule has 0 aliphatic carbocycles. The first-order valence-corrected chi connectivity index (χ1v) is 9.95. The fraction of sp³-hybridized carbons (Fsp3) is 0.333. The van der Waals surface area contributed by atoms with Crippen molar-refractivity contribution < 1.29 is 19.4 Å². The Balaban J connectivity index is 1.41. The summed E-state index contributed by atoms with van der Waals surface area (Å²) in [4.78, 5) is 26.2. The molecule has 0 radical (unpaired) electrons. The Bertz CT molecular complexity index is 800. The molecule has 3 rings (SSSR count). The van der Waals surface area contributed by atoms with Crippen LogP contribution >= 0.6 is 11.6 Å². The number of quaternary nitrogens is 2. The molecule has 1 heterocycles. The van der Waals surface area contributed by atoms with E-state index in [1.165, 1.54) is 17.4 Å². The van der Waals surface area contributed by atoms with E-state index >= 15 is 0 Å². The highest BCUT2D eigenvalue weighted by atomic mass is 35.5. The third-order valence-electron chi connectivity index (χ3n) is 4.93. The summed E-state index contributed by atoms with van der Waals surface area (Å²) in [6.45, 7) is 7.01. The summed E-state index contributed by atoms with van der Waals surface area (Å²) in [6.07, 6.45) is 0. The molecule has 1 fully saturated rings. The summed E-state index contributed by atoms with van der Waals surface area (Å²) in [5, 5.41) is 6.41. The van der Waals surface area contributed by atoms with Gasteiger partial charge in [0, 0.05) is 28.9 Å². The van der Waals surface area contributed by atoms with Gasteiger partial charge in [0.2, 0.25) is 5.91 Å². The Hall–Kier alpha value is -2.41. The molecule has 0 saturated carbocycles. The number of benzene rings is 2. The van der Waals surface area contributed by atoms with Gasteiger partial charge in [-0.15, -0.1) is 0 Å². The molecule has 1 aliphatic heterocycles. The first-order chi connectivity index (χ1) is 13.5. The second-order valence-electron chi connectivity index (χ2n) is 7.29. The maximum absolute atomic E-state index is 12.3. The van der Waals surface area contributed by atoms with E-state index < -0.39 is 0 Å². The summed E-state index contributed by atoms with van der Waals surface area (Å²) >= 11 is 5.94. The molecule has 0 aromatic heterocycles. The predicted molar refractivity (Wildman–Crippen MR) is 111 cm³/mol. The maximum atomic E-state index is 12.3. The topological polar surface area (TPSA) is 67.1 Å². The van der Waals surface area contributed by atoms with E-state index in [1.54, 1.807) is 29.2 Å². The Morgan fingerprint density at radius 1 is 0.857 bits per heavy atom. The molecular weight excluding hydrogens is 376 g/mol.